The van der Waals surface area contributed by atoms with E-state index in [9.17, 15) is 9.59 Å². The van der Waals surface area contributed by atoms with Crippen molar-refractivity contribution in [1.82, 2.24) is 0 Å². The van der Waals surface area contributed by atoms with E-state index in [2.05, 4.69) is 6.92 Å². The van der Waals surface area contributed by atoms with Gasteiger partial charge in [0.2, 0.25) is 0 Å². The molecule has 172 valence electrons. The molecule has 32 heavy (non-hydrogen) atoms. The van der Waals surface area contributed by atoms with Gasteiger partial charge in [0.15, 0.2) is 5.78 Å². The molecule has 0 aromatic heterocycles. The second-order valence-corrected chi connectivity index (χ2v) is 8.44. The minimum Gasteiger partial charge on any atom is -0.493 e. The van der Waals surface area contributed by atoms with Crippen LogP contribution in [-0.2, 0) is 11.2 Å². The molecular weight excluding hydrogens is 404 g/mol. The quantitative estimate of drug-likeness (QED) is 0.189. The molecule has 0 atom stereocenters. The highest BCUT2D eigenvalue weighted by Gasteiger charge is 2.23. The van der Waals surface area contributed by atoms with Gasteiger partial charge in [-0.25, -0.2) is 0 Å². The van der Waals surface area contributed by atoms with E-state index < -0.39 is 5.41 Å². The molecule has 5 nitrogen and oxygen atoms in total. The van der Waals surface area contributed by atoms with Crippen molar-refractivity contribution in [3.8, 4) is 17.2 Å². The summed E-state index contributed by atoms with van der Waals surface area (Å²) in [6, 6.07) is 10.5. The van der Waals surface area contributed by atoms with Crippen molar-refractivity contribution in [3.63, 3.8) is 0 Å². The predicted octanol–water partition coefficient (Wildman–Crippen LogP) is 6.28. The number of carbonyl (C=O) groups excluding carboxylic acids is 2. The molecule has 0 bridgehead atoms. The van der Waals surface area contributed by atoms with Crippen molar-refractivity contribution in [2.45, 2.75) is 54.4 Å². The van der Waals surface area contributed by atoms with E-state index in [-0.39, 0.29) is 11.8 Å². The number of ketones is 1. The molecule has 0 aliphatic heterocycles. The van der Waals surface area contributed by atoms with Crippen molar-refractivity contribution in [1.29, 1.82) is 0 Å². The third kappa shape index (κ3) is 6.71. The van der Waals surface area contributed by atoms with Gasteiger partial charge in [0.1, 0.15) is 17.2 Å². The van der Waals surface area contributed by atoms with Crippen molar-refractivity contribution >= 4 is 17.8 Å². The summed E-state index contributed by atoms with van der Waals surface area (Å²) in [5, 5.41) is 0. The second-order valence-electron chi connectivity index (χ2n) is 8.44. The zero-order valence-corrected chi connectivity index (χ0v) is 20.0. The monoisotopic (exact) mass is 438 g/mol. The SMILES string of the molecule is CCCc1ccc(OCC)c(C=CC(=O)c2ccc(OC(=O)C(C)(C)C)cc2)c1OCC. The van der Waals surface area contributed by atoms with Crippen LogP contribution in [0.4, 0.5) is 0 Å². The molecule has 0 unspecified atom stereocenters. The summed E-state index contributed by atoms with van der Waals surface area (Å²) in [6.07, 6.45) is 5.14. The summed E-state index contributed by atoms with van der Waals surface area (Å²) in [6.45, 7) is 12.4. The van der Waals surface area contributed by atoms with Crippen molar-refractivity contribution in [3.05, 3.63) is 59.2 Å². The van der Waals surface area contributed by atoms with E-state index in [0.717, 1.165) is 29.7 Å². The van der Waals surface area contributed by atoms with Gasteiger partial charge in [-0.1, -0.05) is 19.4 Å². The van der Waals surface area contributed by atoms with Gasteiger partial charge < -0.3 is 14.2 Å². The highest BCUT2D eigenvalue weighted by Crippen LogP contribution is 2.35. The van der Waals surface area contributed by atoms with Crippen LogP contribution in [0, 0.1) is 5.41 Å². The number of ether oxygens (including phenoxy) is 3. The Kier molecular flexibility index (Phi) is 9.06. The molecule has 0 saturated heterocycles. The van der Waals surface area contributed by atoms with E-state index in [1.807, 2.05) is 26.0 Å². The summed E-state index contributed by atoms with van der Waals surface area (Å²) in [7, 11) is 0. The van der Waals surface area contributed by atoms with Crippen LogP contribution in [0.1, 0.15) is 69.4 Å². The Morgan fingerprint density at radius 3 is 2.12 bits per heavy atom. The van der Waals surface area contributed by atoms with Crippen LogP contribution in [0.15, 0.2) is 42.5 Å². The van der Waals surface area contributed by atoms with E-state index in [1.165, 1.54) is 6.08 Å². The molecule has 5 heteroatoms. The van der Waals surface area contributed by atoms with Crippen molar-refractivity contribution < 1.29 is 23.8 Å². The van der Waals surface area contributed by atoms with Gasteiger partial charge in [-0.3, -0.25) is 9.59 Å². The zero-order chi connectivity index (χ0) is 23.7. The normalized spacial score (nSPS) is 11.4. The lowest BCUT2D eigenvalue weighted by Crippen LogP contribution is -2.25. The first-order chi connectivity index (χ1) is 15.2. The molecule has 2 aromatic rings. The minimum absolute atomic E-state index is 0.163. The fourth-order valence-electron chi connectivity index (χ4n) is 3.05. The number of esters is 1. The van der Waals surface area contributed by atoms with Crippen molar-refractivity contribution in [2.75, 3.05) is 13.2 Å². The standard InChI is InChI=1S/C27H34O5/c1-7-10-20-13-18-24(30-8-2)22(25(20)31-9-3)16-17-23(28)19-11-14-21(15-12-19)32-26(29)27(4,5)6/h11-18H,7-10H2,1-6H3. The number of hydrogen-bond donors (Lipinski definition) is 0. The summed E-state index contributed by atoms with van der Waals surface area (Å²) < 4.78 is 17.1. The molecular formula is C27H34O5. The molecule has 0 N–H and O–H groups in total. The molecule has 0 aliphatic rings. The van der Waals surface area contributed by atoms with E-state index in [4.69, 9.17) is 14.2 Å². The maximum atomic E-state index is 12.8. The highest BCUT2D eigenvalue weighted by atomic mass is 16.5. The van der Waals surface area contributed by atoms with E-state index in [1.54, 1.807) is 51.1 Å². The Morgan fingerprint density at radius 2 is 1.56 bits per heavy atom. The van der Waals surface area contributed by atoms with Crippen LogP contribution in [0.25, 0.3) is 6.08 Å². The Labute approximate surface area is 191 Å². The maximum Gasteiger partial charge on any atom is 0.316 e. The van der Waals surface area contributed by atoms with Crippen LogP contribution in [-0.4, -0.2) is 25.0 Å². The van der Waals surface area contributed by atoms with Gasteiger partial charge in [0, 0.05) is 5.56 Å². The van der Waals surface area contributed by atoms with Crippen LogP contribution < -0.4 is 14.2 Å². The van der Waals surface area contributed by atoms with Crippen LogP contribution in [0.3, 0.4) is 0 Å². The first-order valence-corrected chi connectivity index (χ1v) is 11.2. The number of carbonyl (C=O) groups is 2. The predicted molar refractivity (Wildman–Crippen MR) is 128 cm³/mol. The largest absolute Gasteiger partial charge is 0.493 e. The first-order valence-electron chi connectivity index (χ1n) is 11.2. The maximum absolute atomic E-state index is 12.8. The Balaban J connectivity index is 2.29. The molecule has 2 aromatic carbocycles. The molecule has 0 fully saturated rings. The van der Waals surface area contributed by atoms with Crippen LogP contribution >= 0.6 is 0 Å². The number of rotatable bonds is 10. The fraction of sp³-hybridized carbons (Fsp3) is 0.407. The van der Waals surface area contributed by atoms with E-state index >= 15 is 0 Å². The number of benzene rings is 2. The minimum atomic E-state index is -0.597. The number of hydrogen-bond acceptors (Lipinski definition) is 5. The third-order valence-corrected chi connectivity index (χ3v) is 4.71. The summed E-state index contributed by atoms with van der Waals surface area (Å²) in [4.78, 5) is 24.8. The first kappa shape index (κ1) is 25.2. The molecule has 0 radical (unpaired) electrons. The molecule has 0 spiro atoms. The lowest BCUT2D eigenvalue weighted by Gasteiger charge is -2.17. The van der Waals surface area contributed by atoms with Crippen LogP contribution in [0.2, 0.25) is 0 Å². The number of allylic oxidation sites excluding steroid dienone is 1. The smallest absolute Gasteiger partial charge is 0.316 e. The topological polar surface area (TPSA) is 61.8 Å². The van der Waals surface area contributed by atoms with Crippen LogP contribution in [0.5, 0.6) is 17.2 Å². The Bertz CT molecular complexity index is 949. The second kappa shape index (κ2) is 11.5. The third-order valence-electron chi connectivity index (χ3n) is 4.71. The molecule has 2 rings (SSSR count). The van der Waals surface area contributed by atoms with Gasteiger partial charge in [0.25, 0.3) is 0 Å². The van der Waals surface area contributed by atoms with E-state index in [0.29, 0.717) is 30.3 Å². The van der Waals surface area contributed by atoms with Gasteiger partial charge in [-0.15, -0.1) is 0 Å². The van der Waals surface area contributed by atoms with Crippen molar-refractivity contribution in [2.24, 2.45) is 5.41 Å². The average Bonchev–Trinajstić information content (AvgIpc) is 2.75. The fourth-order valence-corrected chi connectivity index (χ4v) is 3.05. The summed E-state index contributed by atoms with van der Waals surface area (Å²) >= 11 is 0. The van der Waals surface area contributed by atoms with Gasteiger partial charge in [-0.2, -0.15) is 0 Å². The van der Waals surface area contributed by atoms with Gasteiger partial charge >= 0.3 is 5.97 Å². The summed E-state index contributed by atoms with van der Waals surface area (Å²) in [5.74, 6) is 1.37. The van der Waals surface area contributed by atoms with Gasteiger partial charge in [0.05, 0.1) is 24.2 Å². The molecule has 0 amide bonds. The lowest BCUT2D eigenvalue weighted by molar-refractivity contribution is -0.143. The van der Waals surface area contributed by atoms with Gasteiger partial charge in [-0.05, 0) is 89.1 Å². The highest BCUT2D eigenvalue weighted by molar-refractivity contribution is 6.07. The zero-order valence-electron chi connectivity index (χ0n) is 20.0. The average molecular weight is 439 g/mol. The number of aryl methyl sites for hydroxylation is 1. The molecule has 0 saturated carbocycles. The lowest BCUT2D eigenvalue weighted by atomic mass is 9.97. The Hall–Kier alpha value is -3.08. The molecule has 0 heterocycles. The Morgan fingerprint density at radius 1 is 0.906 bits per heavy atom. The summed E-state index contributed by atoms with van der Waals surface area (Å²) in [5.41, 5.74) is 1.76. The molecule has 0 aliphatic carbocycles.